The van der Waals surface area contributed by atoms with Gasteiger partial charge in [0.25, 0.3) is 0 Å². The molecule has 0 bridgehead atoms. The number of benzene rings is 1. The van der Waals surface area contributed by atoms with Gasteiger partial charge in [0.1, 0.15) is 22.4 Å². The zero-order valence-corrected chi connectivity index (χ0v) is 16.6. The van der Waals surface area contributed by atoms with Gasteiger partial charge < -0.3 is 15.8 Å². The van der Waals surface area contributed by atoms with Crippen molar-refractivity contribution < 1.29 is 22.7 Å². The second kappa shape index (κ2) is 9.00. The maximum absolute atomic E-state index is 13.0. The number of ether oxygens (including phenoxy) is 1. The van der Waals surface area contributed by atoms with Gasteiger partial charge >= 0.3 is 6.18 Å². The van der Waals surface area contributed by atoms with Gasteiger partial charge in [-0.25, -0.2) is 4.98 Å². The number of thioether (sulfide) groups is 1. The topological polar surface area (TPSA) is 114 Å². The van der Waals surface area contributed by atoms with Crippen molar-refractivity contribution in [1.29, 1.82) is 5.26 Å². The Bertz CT molecular complexity index is 960. The predicted molar refractivity (Wildman–Crippen MR) is 103 cm³/mol. The summed E-state index contributed by atoms with van der Waals surface area (Å²) in [5.41, 5.74) is 5.00. The Kier molecular flexibility index (Phi) is 6.92. The van der Waals surface area contributed by atoms with Crippen LogP contribution in [0.25, 0.3) is 0 Å². The van der Waals surface area contributed by atoms with Gasteiger partial charge in [-0.05, 0) is 31.4 Å². The van der Waals surface area contributed by atoms with Crippen molar-refractivity contribution in [3.8, 4) is 11.8 Å². The van der Waals surface area contributed by atoms with E-state index >= 15 is 0 Å². The van der Waals surface area contributed by atoms with Crippen molar-refractivity contribution in [3.63, 3.8) is 0 Å². The SMILES string of the molecule is COc1ccc(C(F)(F)F)cc1CC(=O)[C@H](C)Nc1nc(N)nc(SC)c1C#N. The van der Waals surface area contributed by atoms with Gasteiger partial charge in [-0.15, -0.1) is 11.8 Å². The Morgan fingerprint density at radius 2 is 2.10 bits per heavy atom. The van der Waals surface area contributed by atoms with Crippen molar-refractivity contribution in [2.24, 2.45) is 0 Å². The van der Waals surface area contributed by atoms with Crippen LogP contribution in [0.2, 0.25) is 0 Å². The van der Waals surface area contributed by atoms with Crippen LogP contribution in [0, 0.1) is 11.3 Å². The number of carbonyl (C=O) groups excluding carboxylic acids is 1. The average molecular weight is 425 g/mol. The molecule has 0 amide bonds. The average Bonchev–Trinajstić information content (AvgIpc) is 2.66. The van der Waals surface area contributed by atoms with Gasteiger partial charge in [-0.3, -0.25) is 4.79 Å². The Hall–Kier alpha value is -3.00. The molecule has 29 heavy (non-hydrogen) atoms. The first kappa shape index (κ1) is 22.3. The molecule has 3 N–H and O–H groups in total. The molecular weight excluding hydrogens is 407 g/mol. The van der Waals surface area contributed by atoms with Crippen LogP contribution in [0.15, 0.2) is 23.2 Å². The number of nitrogen functional groups attached to an aromatic ring is 1. The first-order valence-electron chi connectivity index (χ1n) is 8.25. The van der Waals surface area contributed by atoms with Crippen LogP contribution >= 0.6 is 11.8 Å². The summed E-state index contributed by atoms with van der Waals surface area (Å²) in [6.07, 6.45) is -3.14. The molecule has 2 aromatic rings. The number of carbonyl (C=O) groups is 1. The minimum absolute atomic E-state index is 0.0740. The Morgan fingerprint density at radius 3 is 2.66 bits per heavy atom. The summed E-state index contributed by atoms with van der Waals surface area (Å²) in [4.78, 5) is 20.5. The van der Waals surface area contributed by atoms with E-state index in [1.807, 2.05) is 6.07 Å². The third-order valence-electron chi connectivity index (χ3n) is 4.01. The van der Waals surface area contributed by atoms with Crippen LogP contribution in [-0.2, 0) is 17.4 Å². The number of hydrogen-bond donors (Lipinski definition) is 2. The third kappa shape index (κ3) is 5.29. The van der Waals surface area contributed by atoms with Gasteiger partial charge in [0.2, 0.25) is 5.95 Å². The lowest BCUT2D eigenvalue weighted by molar-refractivity contribution is -0.137. The normalized spacial score (nSPS) is 12.2. The van der Waals surface area contributed by atoms with Gasteiger partial charge in [0, 0.05) is 12.0 Å². The monoisotopic (exact) mass is 425 g/mol. The van der Waals surface area contributed by atoms with Crippen molar-refractivity contribution in [2.75, 3.05) is 24.4 Å². The molecule has 11 heteroatoms. The van der Waals surface area contributed by atoms with Crippen LogP contribution < -0.4 is 15.8 Å². The van der Waals surface area contributed by atoms with Crippen LogP contribution in [0.1, 0.15) is 23.6 Å². The molecule has 0 unspecified atom stereocenters. The summed E-state index contributed by atoms with van der Waals surface area (Å²) in [5, 5.41) is 12.5. The highest BCUT2D eigenvalue weighted by Crippen LogP contribution is 2.33. The molecule has 0 saturated heterocycles. The molecule has 0 saturated carbocycles. The van der Waals surface area contributed by atoms with E-state index in [0.717, 1.165) is 12.1 Å². The predicted octanol–water partition coefficient (Wildman–Crippen LogP) is 3.29. The number of aromatic nitrogens is 2. The van der Waals surface area contributed by atoms with Gasteiger partial charge in [0.05, 0.1) is 18.7 Å². The number of Topliss-reactive ketones (excluding diaryl/α,β-unsaturated/α-hetero) is 1. The Balaban J connectivity index is 2.27. The maximum atomic E-state index is 13.0. The lowest BCUT2D eigenvalue weighted by Gasteiger charge is -2.17. The van der Waals surface area contributed by atoms with E-state index in [-0.39, 0.29) is 35.1 Å². The second-order valence-electron chi connectivity index (χ2n) is 5.96. The van der Waals surface area contributed by atoms with Gasteiger partial charge in [-0.2, -0.15) is 23.4 Å². The molecule has 0 fully saturated rings. The molecule has 0 aliphatic heterocycles. The molecule has 0 radical (unpaired) electrons. The number of nitrogens with one attached hydrogen (secondary N) is 1. The fourth-order valence-electron chi connectivity index (χ4n) is 2.53. The number of rotatable bonds is 7. The first-order valence-corrected chi connectivity index (χ1v) is 9.48. The highest BCUT2D eigenvalue weighted by Gasteiger charge is 2.31. The molecule has 2 rings (SSSR count). The summed E-state index contributed by atoms with van der Waals surface area (Å²) < 4.78 is 44.0. The quantitative estimate of drug-likeness (QED) is 0.513. The molecule has 1 heterocycles. The molecule has 1 aromatic carbocycles. The molecular formula is C18H18F3N5O2S. The Labute approximate surface area is 169 Å². The number of anilines is 2. The summed E-state index contributed by atoms with van der Waals surface area (Å²) in [5.74, 6) is -0.238. The Morgan fingerprint density at radius 1 is 1.41 bits per heavy atom. The summed E-state index contributed by atoms with van der Waals surface area (Å²) in [7, 11) is 1.31. The van der Waals surface area contributed by atoms with Crippen molar-refractivity contribution in [3.05, 3.63) is 34.9 Å². The molecule has 7 nitrogen and oxygen atoms in total. The van der Waals surface area contributed by atoms with E-state index in [0.29, 0.717) is 5.03 Å². The largest absolute Gasteiger partial charge is 0.496 e. The van der Waals surface area contributed by atoms with Gasteiger partial charge in [-0.1, -0.05) is 0 Å². The van der Waals surface area contributed by atoms with Crippen LogP contribution in [0.5, 0.6) is 5.75 Å². The van der Waals surface area contributed by atoms with Crippen molar-refractivity contribution in [2.45, 2.75) is 30.6 Å². The summed E-state index contributed by atoms with van der Waals surface area (Å²) >= 11 is 1.19. The number of nitrogens with two attached hydrogens (primary N) is 1. The van der Waals surface area contributed by atoms with Gasteiger partial charge in [0.15, 0.2) is 11.6 Å². The number of nitriles is 1. The molecule has 1 atom stereocenters. The summed E-state index contributed by atoms with van der Waals surface area (Å²) in [6.45, 7) is 1.51. The number of halogens is 3. The van der Waals surface area contributed by atoms with E-state index < -0.39 is 23.6 Å². The van der Waals surface area contributed by atoms with Crippen LogP contribution in [-0.4, -0.2) is 35.2 Å². The highest BCUT2D eigenvalue weighted by molar-refractivity contribution is 7.98. The zero-order valence-electron chi connectivity index (χ0n) is 15.8. The molecule has 0 spiro atoms. The molecule has 0 aliphatic rings. The number of methoxy groups -OCH3 is 1. The van der Waals surface area contributed by atoms with E-state index in [9.17, 15) is 23.2 Å². The fourth-order valence-corrected chi connectivity index (χ4v) is 3.06. The number of nitrogens with zero attached hydrogens (tertiary/aromatic N) is 3. The minimum atomic E-state index is -4.54. The van der Waals surface area contributed by atoms with Crippen LogP contribution in [0.4, 0.5) is 24.9 Å². The minimum Gasteiger partial charge on any atom is -0.496 e. The molecule has 0 aliphatic carbocycles. The van der Waals surface area contributed by atoms with Crippen LogP contribution in [0.3, 0.4) is 0 Å². The highest BCUT2D eigenvalue weighted by atomic mass is 32.2. The van der Waals surface area contributed by atoms with Crippen molar-refractivity contribution >= 4 is 29.3 Å². The standard InChI is InChI=1S/C18H18F3N5O2S/c1-9(24-15-12(8-22)16(29-3)26-17(23)25-15)13(27)7-10-6-11(18(19,20)21)4-5-14(10)28-2/h4-6,9H,7H2,1-3H3,(H3,23,24,25,26)/t9-/m0/s1. The number of hydrogen-bond acceptors (Lipinski definition) is 8. The smallest absolute Gasteiger partial charge is 0.416 e. The molecule has 1 aromatic heterocycles. The third-order valence-corrected chi connectivity index (χ3v) is 4.69. The zero-order chi connectivity index (χ0) is 21.8. The van der Waals surface area contributed by atoms with E-state index in [1.165, 1.54) is 31.9 Å². The second-order valence-corrected chi connectivity index (χ2v) is 6.75. The lowest BCUT2D eigenvalue weighted by atomic mass is 10.0. The number of ketones is 1. The molecule has 154 valence electrons. The van der Waals surface area contributed by atoms with E-state index in [2.05, 4.69) is 15.3 Å². The number of alkyl halides is 3. The first-order chi connectivity index (χ1) is 13.6. The maximum Gasteiger partial charge on any atom is 0.416 e. The summed E-state index contributed by atoms with van der Waals surface area (Å²) in [6, 6.07) is 4.05. The van der Waals surface area contributed by atoms with E-state index in [1.54, 1.807) is 6.26 Å². The fraction of sp³-hybridized carbons (Fsp3) is 0.333. The van der Waals surface area contributed by atoms with E-state index in [4.69, 9.17) is 10.5 Å². The van der Waals surface area contributed by atoms with Crippen molar-refractivity contribution in [1.82, 2.24) is 9.97 Å². The lowest BCUT2D eigenvalue weighted by Crippen LogP contribution is -2.29.